The molecule has 0 bridgehead atoms. The Morgan fingerprint density at radius 2 is 0.955 bits per heavy atom. The van der Waals surface area contributed by atoms with Crippen LogP contribution < -0.4 is 9.80 Å². The van der Waals surface area contributed by atoms with Crippen LogP contribution in [0.4, 0.5) is 23.0 Å². The van der Waals surface area contributed by atoms with E-state index in [-0.39, 0.29) is 5.84 Å². The highest BCUT2D eigenvalue weighted by Gasteiger charge is 2.41. The Morgan fingerprint density at radius 1 is 0.477 bits per heavy atom. The van der Waals surface area contributed by atoms with Crippen LogP contribution in [0.1, 0.15) is 11.1 Å². The van der Waals surface area contributed by atoms with E-state index in [0.29, 0.717) is 22.9 Å². The van der Waals surface area contributed by atoms with Crippen LogP contribution in [0, 0.1) is 10.8 Å². The molecule has 2 aliphatic heterocycles. The van der Waals surface area contributed by atoms with Crippen LogP contribution in [0.3, 0.4) is 0 Å². The highest BCUT2D eigenvalue weighted by molar-refractivity contribution is 6.42. The molecule has 0 spiro atoms. The number of rotatable bonds is 4. The fraction of sp³-hybridized carbons (Fsp3) is 0. The second-order valence-electron chi connectivity index (χ2n) is 10.7. The molecular weight excluding hydrogens is 540 g/mol. The summed E-state index contributed by atoms with van der Waals surface area (Å²) in [5, 5.41) is 19.1. The first kappa shape index (κ1) is 25.6. The van der Waals surface area contributed by atoms with Crippen molar-refractivity contribution in [2.75, 3.05) is 9.80 Å². The summed E-state index contributed by atoms with van der Waals surface area (Å²) in [5.74, 6) is 0.635. The number of hydrogen-bond donors (Lipinski definition) is 2. The fourth-order valence-corrected chi connectivity index (χ4v) is 6.06. The lowest BCUT2D eigenvalue weighted by atomic mass is 10.0. The molecule has 0 atom stereocenters. The molecule has 6 heteroatoms. The van der Waals surface area contributed by atoms with E-state index in [1.54, 1.807) is 0 Å². The molecule has 0 unspecified atom stereocenters. The molecule has 0 saturated carbocycles. The summed E-state index contributed by atoms with van der Waals surface area (Å²) in [4.78, 5) is 14.0. The number of benzene rings is 5. The number of nitrogens with zero attached hydrogens (tertiary/aromatic N) is 4. The molecule has 0 amide bonds. The van der Waals surface area contributed by atoms with E-state index in [1.807, 2.05) is 150 Å². The lowest BCUT2D eigenvalue weighted by Crippen LogP contribution is -2.25. The highest BCUT2D eigenvalue weighted by atomic mass is 15.3. The number of amidine groups is 1. The van der Waals surface area contributed by atoms with E-state index in [0.717, 1.165) is 50.7 Å². The second-order valence-corrected chi connectivity index (χ2v) is 10.7. The third-order valence-corrected chi connectivity index (χ3v) is 8.05. The van der Waals surface area contributed by atoms with E-state index in [2.05, 4.69) is 4.90 Å². The van der Waals surface area contributed by atoms with Crippen molar-refractivity contribution in [2.24, 2.45) is 0 Å². The third-order valence-electron chi connectivity index (χ3n) is 8.05. The van der Waals surface area contributed by atoms with Gasteiger partial charge in [0.05, 0.1) is 39.7 Å². The number of nitrogens with one attached hydrogen (secondary N) is 2. The zero-order chi connectivity index (χ0) is 29.6. The molecule has 208 valence electrons. The lowest BCUT2D eigenvalue weighted by molar-refractivity contribution is 1.11. The number of hydrogen-bond acceptors (Lipinski definition) is 5. The smallest absolute Gasteiger partial charge is 0.236 e. The van der Waals surface area contributed by atoms with Crippen molar-refractivity contribution in [3.63, 3.8) is 0 Å². The van der Waals surface area contributed by atoms with Crippen molar-refractivity contribution in [3.8, 4) is 22.5 Å². The Bertz CT molecular complexity index is 2050. The van der Waals surface area contributed by atoms with Gasteiger partial charge in [-0.2, -0.15) is 0 Å². The van der Waals surface area contributed by atoms with Crippen LogP contribution in [0.25, 0.3) is 28.1 Å². The number of allylic oxidation sites excluding steroid dienone is 1. The SMILES string of the molecule is N=C1/C(=C2\C(=N)N(c3nc(-c4ccccc4)cc(-c4ccccc4)n3)c3ccccc32)N(c2ccccc2)c2ccccc21. The molecule has 0 radical (unpaired) electrons. The van der Waals surface area contributed by atoms with Gasteiger partial charge in [-0.3, -0.25) is 15.7 Å². The Morgan fingerprint density at radius 3 is 1.55 bits per heavy atom. The molecular formula is C38H26N6. The van der Waals surface area contributed by atoms with E-state index < -0.39 is 0 Å². The van der Waals surface area contributed by atoms with Crippen molar-refractivity contribution >= 4 is 40.1 Å². The van der Waals surface area contributed by atoms with Gasteiger partial charge in [0.25, 0.3) is 0 Å². The molecule has 6 nitrogen and oxygen atoms in total. The lowest BCUT2D eigenvalue weighted by Gasteiger charge is -2.24. The third kappa shape index (κ3) is 4.04. The predicted molar refractivity (Wildman–Crippen MR) is 178 cm³/mol. The van der Waals surface area contributed by atoms with Gasteiger partial charge in [-0.25, -0.2) is 9.97 Å². The summed E-state index contributed by atoms with van der Waals surface area (Å²) in [6, 6.07) is 48.1. The molecule has 44 heavy (non-hydrogen) atoms. The van der Waals surface area contributed by atoms with Gasteiger partial charge in [0.2, 0.25) is 5.95 Å². The Balaban J connectivity index is 1.36. The number of fused-ring (bicyclic) bond motifs is 2. The molecule has 0 aliphatic carbocycles. The molecule has 0 fully saturated rings. The van der Waals surface area contributed by atoms with Crippen molar-refractivity contribution in [1.29, 1.82) is 10.8 Å². The van der Waals surface area contributed by atoms with Crippen LogP contribution in [0.2, 0.25) is 0 Å². The molecule has 1 aromatic heterocycles. The van der Waals surface area contributed by atoms with E-state index in [9.17, 15) is 10.8 Å². The van der Waals surface area contributed by atoms with Gasteiger partial charge in [-0.1, -0.05) is 115 Å². The summed E-state index contributed by atoms with van der Waals surface area (Å²) in [6.07, 6.45) is 0. The standard InChI is InChI=1S/C38H26N6/c39-35-29-21-11-13-23-33(29)43(27-18-8-3-9-19-27)36(35)34-28-20-10-12-22-32(28)44(37(34)40)38-41-30(25-14-4-1-5-15-25)24-31(42-38)26-16-6-2-7-17-26/h1-24,39-40H/b36-34+,39-35?,40-37?. The van der Waals surface area contributed by atoms with Gasteiger partial charge in [0.1, 0.15) is 5.84 Å². The topological polar surface area (TPSA) is 80.0 Å². The first-order valence-corrected chi connectivity index (χ1v) is 14.5. The molecule has 0 saturated heterocycles. The van der Waals surface area contributed by atoms with Crippen molar-refractivity contribution in [2.45, 2.75) is 0 Å². The quantitative estimate of drug-likeness (QED) is 0.223. The number of para-hydroxylation sites is 3. The van der Waals surface area contributed by atoms with Crippen LogP contribution >= 0.6 is 0 Å². The van der Waals surface area contributed by atoms with E-state index in [4.69, 9.17) is 9.97 Å². The maximum atomic E-state index is 9.72. The average molecular weight is 567 g/mol. The van der Waals surface area contributed by atoms with Crippen molar-refractivity contribution in [1.82, 2.24) is 9.97 Å². The van der Waals surface area contributed by atoms with Gasteiger partial charge in [-0.15, -0.1) is 0 Å². The van der Waals surface area contributed by atoms with Gasteiger partial charge in [-0.05, 0) is 30.3 Å². The van der Waals surface area contributed by atoms with E-state index >= 15 is 0 Å². The number of aromatic nitrogens is 2. The maximum Gasteiger partial charge on any atom is 0.236 e. The molecule has 2 N–H and O–H groups in total. The zero-order valence-electron chi connectivity index (χ0n) is 23.6. The predicted octanol–water partition coefficient (Wildman–Crippen LogP) is 8.87. The summed E-state index contributed by atoms with van der Waals surface area (Å²) >= 11 is 0. The number of anilines is 4. The summed E-state index contributed by atoms with van der Waals surface area (Å²) < 4.78 is 0. The summed E-state index contributed by atoms with van der Waals surface area (Å²) in [7, 11) is 0. The zero-order valence-corrected chi connectivity index (χ0v) is 23.6. The summed E-state index contributed by atoms with van der Waals surface area (Å²) in [6.45, 7) is 0. The van der Waals surface area contributed by atoms with Crippen LogP contribution in [-0.4, -0.2) is 21.5 Å². The monoisotopic (exact) mass is 566 g/mol. The Hall–Kier alpha value is -6.14. The summed E-state index contributed by atoms with van der Waals surface area (Å²) in [5.41, 5.74) is 9.54. The Kier molecular flexibility index (Phi) is 5.98. The van der Waals surface area contributed by atoms with Crippen molar-refractivity contribution in [3.05, 3.63) is 162 Å². The van der Waals surface area contributed by atoms with Gasteiger partial charge in [0.15, 0.2) is 0 Å². The van der Waals surface area contributed by atoms with Crippen LogP contribution in [0.15, 0.2) is 151 Å². The Labute approximate surface area is 255 Å². The molecule has 8 rings (SSSR count). The van der Waals surface area contributed by atoms with Gasteiger partial charge < -0.3 is 4.90 Å². The van der Waals surface area contributed by atoms with Gasteiger partial charge >= 0.3 is 0 Å². The van der Waals surface area contributed by atoms with Crippen LogP contribution in [0.5, 0.6) is 0 Å². The molecule has 3 heterocycles. The first-order valence-electron chi connectivity index (χ1n) is 14.5. The highest BCUT2D eigenvalue weighted by Crippen LogP contribution is 2.49. The van der Waals surface area contributed by atoms with Crippen LogP contribution in [-0.2, 0) is 0 Å². The molecule has 5 aromatic carbocycles. The van der Waals surface area contributed by atoms with E-state index in [1.165, 1.54) is 0 Å². The molecule has 6 aromatic rings. The molecule has 2 aliphatic rings. The van der Waals surface area contributed by atoms with Gasteiger partial charge in [0, 0.05) is 27.9 Å². The fourth-order valence-electron chi connectivity index (χ4n) is 6.06. The first-order chi connectivity index (χ1) is 21.7. The minimum Gasteiger partial charge on any atom is -0.307 e. The second kappa shape index (κ2) is 10.3. The largest absolute Gasteiger partial charge is 0.307 e. The minimum absolute atomic E-state index is 0.226. The normalized spacial score (nSPS) is 15.5. The maximum absolute atomic E-state index is 9.72. The van der Waals surface area contributed by atoms with Crippen molar-refractivity contribution < 1.29 is 0 Å². The average Bonchev–Trinajstić information content (AvgIpc) is 3.55. The minimum atomic E-state index is 0.226.